The van der Waals surface area contributed by atoms with Gasteiger partial charge in [0, 0.05) is 25.7 Å². The summed E-state index contributed by atoms with van der Waals surface area (Å²) in [6.45, 7) is 9.19. The van der Waals surface area contributed by atoms with Gasteiger partial charge in [-0.25, -0.2) is 0 Å². The Kier molecular flexibility index (Phi) is 11.3. The third-order valence-electron chi connectivity index (χ3n) is 7.76. The van der Waals surface area contributed by atoms with Crippen molar-refractivity contribution in [2.45, 2.75) is 77.5 Å². The van der Waals surface area contributed by atoms with E-state index < -0.39 is 23.5 Å². The van der Waals surface area contributed by atoms with Gasteiger partial charge in [0.1, 0.15) is 6.04 Å². The van der Waals surface area contributed by atoms with E-state index in [0.717, 1.165) is 24.0 Å². The highest BCUT2D eigenvalue weighted by atomic mass is 16.2. The fourth-order valence-corrected chi connectivity index (χ4v) is 5.17. The Morgan fingerprint density at radius 3 is 2.20 bits per heavy atom. The number of hydrogen-bond donors (Lipinski definition) is 3. The van der Waals surface area contributed by atoms with Gasteiger partial charge in [-0.1, -0.05) is 81.4 Å². The molecule has 8 nitrogen and oxygen atoms in total. The van der Waals surface area contributed by atoms with E-state index in [4.69, 9.17) is 5.73 Å². The number of hydrogen-bond acceptors (Lipinski definition) is 5. The minimum Gasteiger partial charge on any atom is -0.342 e. The molecule has 8 heteroatoms. The summed E-state index contributed by atoms with van der Waals surface area (Å²) < 4.78 is 0. The monoisotopic (exact) mass is 549 g/mol. The zero-order chi connectivity index (χ0) is 29.3. The average molecular weight is 550 g/mol. The Labute approximate surface area is 239 Å². The summed E-state index contributed by atoms with van der Waals surface area (Å²) in [6, 6.07) is 18.0. The molecule has 0 unspecified atom stereocenters. The number of amides is 3. The minimum absolute atomic E-state index is 0.101. The predicted octanol–water partition coefficient (Wildman–Crippen LogP) is 2.76. The number of likely N-dealkylation sites (tertiary alicyclic amines) is 1. The maximum atomic E-state index is 13.9. The maximum absolute atomic E-state index is 13.9. The van der Waals surface area contributed by atoms with Crippen LogP contribution in [0.25, 0.3) is 0 Å². The van der Waals surface area contributed by atoms with E-state index in [-0.39, 0.29) is 23.8 Å². The van der Waals surface area contributed by atoms with Crippen molar-refractivity contribution in [3.63, 3.8) is 0 Å². The van der Waals surface area contributed by atoms with E-state index in [1.165, 1.54) is 0 Å². The number of rotatable bonds is 12. The van der Waals surface area contributed by atoms with Gasteiger partial charge < -0.3 is 26.2 Å². The molecule has 1 fully saturated rings. The Hall–Kier alpha value is -3.23. The fraction of sp³-hybridized carbons (Fsp3) is 0.531. The number of nitrogens with zero attached hydrogens (tertiary/aromatic N) is 2. The molecule has 3 rings (SSSR count). The quantitative estimate of drug-likeness (QED) is 0.377. The Bertz CT molecular complexity index is 1100. The summed E-state index contributed by atoms with van der Waals surface area (Å²) in [5.74, 6) is -0.420. The predicted molar refractivity (Wildman–Crippen MR) is 159 cm³/mol. The van der Waals surface area contributed by atoms with E-state index in [9.17, 15) is 14.4 Å². The van der Waals surface area contributed by atoms with Crippen LogP contribution in [-0.4, -0.2) is 78.4 Å². The van der Waals surface area contributed by atoms with Crippen LogP contribution in [0.15, 0.2) is 60.7 Å². The van der Waals surface area contributed by atoms with Crippen LogP contribution in [-0.2, 0) is 27.2 Å². The SMILES string of the molecule is CN[C@@H](C)C(=O)N[C@H](C(=O)N1CCC[C@H]1CN(CCc1ccccc1)C(=O)[C@@H](N)Cc1ccccc1)C(C)(C)C. The van der Waals surface area contributed by atoms with Gasteiger partial charge >= 0.3 is 0 Å². The summed E-state index contributed by atoms with van der Waals surface area (Å²) in [4.78, 5) is 44.1. The lowest BCUT2D eigenvalue weighted by molar-refractivity contribution is -0.142. The maximum Gasteiger partial charge on any atom is 0.246 e. The van der Waals surface area contributed by atoms with E-state index in [1.54, 1.807) is 14.0 Å². The number of nitrogens with two attached hydrogens (primary N) is 1. The molecule has 2 aromatic rings. The molecule has 1 aliphatic rings. The van der Waals surface area contributed by atoms with Crippen LogP contribution in [0.1, 0.15) is 51.7 Å². The summed E-state index contributed by atoms with van der Waals surface area (Å²) in [7, 11) is 1.72. The van der Waals surface area contributed by atoms with Gasteiger partial charge in [0.2, 0.25) is 17.7 Å². The van der Waals surface area contributed by atoms with Crippen molar-refractivity contribution in [2.75, 3.05) is 26.7 Å². The molecule has 40 heavy (non-hydrogen) atoms. The number of carbonyl (C=O) groups is 3. The standard InChI is InChI=1S/C32H47N5O3/c1-23(34-5)29(38)35-28(32(2,3)4)31(40)37-19-12-17-26(37)22-36(20-18-24-13-8-6-9-14-24)30(39)27(33)21-25-15-10-7-11-16-25/h6-11,13-16,23,26-28,34H,12,17-22,33H2,1-5H3,(H,35,38)/t23-,26-,27-,28+/m0/s1. The topological polar surface area (TPSA) is 108 Å². The van der Waals surface area contributed by atoms with Gasteiger partial charge in [0.15, 0.2) is 0 Å². The zero-order valence-electron chi connectivity index (χ0n) is 24.7. The van der Waals surface area contributed by atoms with Crippen molar-refractivity contribution in [3.8, 4) is 0 Å². The van der Waals surface area contributed by atoms with Crippen molar-refractivity contribution < 1.29 is 14.4 Å². The van der Waals surface area contributed by atoms with E-state index >= 15 is 0 Å². The van der Waals surface area contributed by atoms with Crippen LogP contribution >= 0.6 is 0 Å². The summed E-state index contributed by atoms with van der Waals surface area (Å²) >= 11 is 0. The molecule has 4 N–H and O–H groups in total. The van der Waals surface area contributed by atoms with Crippen molar-refractivity contribution in [1.82, 2.24) is 20.4 Å². The highest BCUT2D eigenvalue weighted by Gasteiger charge is 2.41. The first-order chi connectivity index (χ1) is 19.0. The Morgan fingerprint density at radius 1 is 1.02 bits per heavy atom. The van der Waals surface area contributed by atoms with E-state index in [2.05, 4.69) is 22.8 Å². The van der Waals surface area contributed by atoms with Gasteiger partial charge in [0.25, 0.3) is 0 Å². The summed E-state index contributed by atoms with van der Waals surface area (Å²) in [5.41, 5.74) is 8.15. The summed E-state index contributed by atoms with van der Waals surface area (Å²) in [6.07, 6.45) is 2.81. The van der Waals surface area contributed by atoms with Crippen LogP contribution in [0, 0.1) is 5.41 Å². The molecule has 0 saturated carbocycles. The molecule has 1 aliphatic heterocycles. The molecule has 4 atom stereocenters. The highest BCUT2D eigenvalue weighted by Crippen LogP contribution is 2.26. The second-order valence-corrected chi connectivity index (χ2v) is 12.0. The average Bonchev–Trinajstić information content (AvgIpc) is 3.41. The molecule has 0 aliphatic carbocycles. The molecule has 0 spiro atoms. The van der Waals surface area contributed by atoms with Gasteiger partial charge in [-0.2, -0.15) is 0 Å². The number of likely N-dealkylation sites (N-methyl/N-ethyl adjacent to an activating group) is 1. The fourth-order valence-electron chi connectivity index (χ4n) is 5.17. The first-order valence-corrected chi connectivity index (χ1v) is 14.4. The number of carbonyl (C=O) groups excluding carboxylic acids is 3. The lowest BCUT2D eigenvalue weighted by Gasteiger charge is -2.38. The molecule has 0 bridgehead atoms. The van der Waals surface area contributed by atoms with E-state index in [0.29, 0.717) is 32.5 Å². The molecule has 1 heterocycles. The van der Waals surface area contributed by atoms with Gasteiger partial charge in [0.05, 0.1) is 12.1 Å². The molecule has 0 radical (unpaired) electrons. The van der Waals surface area contributed by atoms with E-state index in [1.807, 2.05) is 79.1 Å². The first kappa shape index (κ1) is 31.3. The van der Waals surface area contributed by atoms with Gasteiger partial charge in [-0.15, -0.1) is 0 Å². The van der Waals surface area contributed by atoms with Crippen molar-refractivity contribution in [1.29, 1.82) is 0 Å². The smallest absolute Gasteiger partial charge is 0.246 e. The molecule has 0 aromatic heterocycles. The third kappa shape index (κ3) is 8.63. The molecular formula is C32H47N5O3. The number of benzene rings is 2. The lowest BCUT2D eigenvalue weighted by atomic mass is 9.85. The first-order valence-electron chi connectivity index (χ1n) is 14.4. The second kappa shape index (κ2) is 14.4. The van der Waals surface area contributed by atoms with Crippen LogP contribution in [0.3, 0.4) is 0 Å². The Balaban J connectivity index is 1.78. The van der Waals surface area contributed by atoms with Gasteiger partial charge in [-0.05, 0) is 56.2 Å². The van der Waals surface area contributed by atoms with Crippen LogP contribution in [0.5, 0.6) is 0 Å². The van der Waals surface area contributed by atoms with Crippen molar-refractivity contribution >= 4 is 17.7 Å². The van der Waals surface area contributed by atoms with Gasteiger partial charge in [-0.3, -0.25) is 14.4 Å². The lowest BCUT2D eigenvalue weighted by Crippen LogP contribution is -2.59. The van der Waals surface area contributed by atoms with Crippen molar-refractivity contribution in [3.05, 3.63) is 71.8 Å². The van der Waals surface area contributed by atoms with Crippen LogP contribution < -0.4 is 16.4 Å². The largest absolute Gasteiger partial charge is 0.342 e. The zero-order valence-corrected chi connectivity index (χ0v) is 24.7. The highest BCUT2D eigenvalue weighted by molar-refractivity contribution is 5.90. The number of nitrogens with one attached hydrogen (secondary N) is 2. The third-order valence-corrected chi connectivity index (χ3v) is 7.76. The van der Waals surface area contributed by atoms with Crippen LogP contribution in [0.2, 0.25) is 0 Å². The normalized spacial score (nSPS) is 17.6. The second-order valence-electron chi connectivity index (χ2n) is 12.0. The molecule has 218 valence electrons. The summed E-state index contributed by atoms with van der Waals surface area (Å²) in [5, 5.41) is 5.92. The molecule has 3 amide bonds. The molecule has 1 saturated heterocycles. The van der Waals surface area contributed by atoms with Crippen molar-refractivity contribution in [2.24, 2.45) is 11.1 Å². The molecule has 2 aromatic carbocycles. The minimum atomic E-state index is -0.676. The van der Waals surface area contributed by atoms with Crippen LogP contribution in [0.4, 0.5) is 0 Å². The Morgan fingerprint density at radius 2 is 1.62 bits per heavy atom. The molecular weight excluding hydrogens is 502 g/mol.